The number of hydrogen-bond acceptors (Lipinski definition) is 6. The van der Waals surface area contributed by atoms with Gasteiger partial charge in [-0.05, 0) is 17.7 Å². The Labute approximate surface area is 157 Å². The average molecular weight is 394 g/mol. The second-order valence-electron chi connectivity index (χ2n) is 6.43. The van der Waals surface area contributed by atoms with Crippen LogP contribution in [-0.4, -0.2) is 55.8 Å². The summed E-state index contributed by atoms with van der Waals surface area (Å²) in [5.41, 5.74) is 1.61. The maximum atomic E-state index is 12.0. The summed E-state index contributed by atoms with van der Waals surface area (Å²) in [4.78, 5) is 25.1. The van der Waals surface area contributed by atoms with Gasteiger partial charge in [0.2, 0.25) is 15.9 Å². The van der Waals surface area contributed by atoms with E-state index in [0.29, 0.717) is 37.3 Å². The van der Waals surface area contributed by atoms with Gasteiger partial charge in [0.25, 0.3) is 0 Å². The molecule has 1 aromatic carbocycles. The molecule has 0 unspecified atom stereocenters. The maximum Gasteiger partial charge on any atom is 0.365 e. The van der Waals surface area contributed by atoms with Crippen LogP contribution in [0.25, 0.3) is 11.1 Å². The van der Waals surface area contributed by atoms with Crippen molar-refractivity contribution in [2.75, 3.05) is 37.3 Å². The lowest BCUT2D eigenvalue weighted by Crippen LogP contribution is -2.48. The number of benzene rings is 1. The normalized spacial score (nSPS) is 15.7. The SMILES string of the molecule is CC(=O)NCn1cc(-c2ccc(N3CCN(S(C)(=O)=O)CC3)cc2)c(=O)o1. The van der Waals surface area contributed by atoms with Gasteiger partial charge >= 0.3 is 5.63 Å². The zero-order valence-electron chi connectivity index (χ0n) is 15.2. The van der Waals surface area contributed by atoms with Crippen LogP contribution >= 0.6 is 0 Å². The molecule has 0 bridgehead atoms. The van der Waals surface area contributed by atoms with E-state index in [4.69, 9.17) is 4.52 Å². The third-order valence-corrected chi connectivity index (χ3v) is 5.73. The van der Waals surface area contributed by atoms with E-state index < -0.39 is 15.6 Å². The van der Waals surface area contributed by atoms with Crippen molar-refractivity contribution in [2.24, 2.45) is 0 Å². The van der Waals surface area contributed by atoms with Crippen LogP contribution in [0.2, 0.25) is 0 Å². The highest BCUT2D eigenvalue weighted by atomic mass is 32.2. The van der Waals surface area contributed by atoms with Crippen LogP contribution < -0.4 is 15.8 Å². The predicted molar refractivity (Wildman–Crippen MR) is 101 cm³/mol. The van der Waals surface area contributed by atoms with Crippen LogP contribution in [-0.2, 0) is 21.5 Å². The number of amides is 1. The van der Waals surface area contributed by atoms with Gasteiger partial charge in [0, 0.05) is 38.8 Å². The fourth-order valence-corrected chi connectivity index (χ4v) is 3.79. The van der Waals surface area contributed by atoms with E-state index in [2.05, 4.69) is 10.2 Å². The molecule has 1 fully saturated rings. The number of anilines is 1. The first-order chi connectivity index (χ1) is 12.7. The number of nitrogens with zero attached hydrogens (tertiary/aromatic N) is 3. The van der Waals surface area contributed by atoms with Crippen LogP contribution in [0.5, 0.6) is 0 Å². The van der Waals surface area contributed by atoms with Gasteiger partial charge in [-0.1, -0.05) is 12.1 Å². The van der Waals surface area contributed by atoms with Crippen LogP contribution in [0.4, 0.5) is 5.69 Å². The smallest absolute Gasteiger partial charge is 0.365 e. The Kier molecular flexibility index (Phi) is 5.38. The van der Waals surface area contributed by atoms with Crippen molar-refractivity contribution in [3.05, 3.63) is 40.9 Å². The molecule has 3 rings (SSSR count). The quantitative estimate of drug-likeness (QED) is 0.781. The number of sulfonamides is 1. The topological polar surface area (TPSA) is 105 Å². The molecule has 146 valence electrons. The summed E-state index contributed by atoms with van der Waals surface area (Å²) in [6.07, 6.45) is 2.78. The Bertz CT molecular complexity index is 969. The Morgan fingerprint density at radius 1 is 1.15 bits per heavy atom. The number of nitrogens with one attached hydrogen (secondary N) is 1. The number of aromatic nitrogens is 1. The van der Waals surface area contributed by atoms with E-state index in [1.807, 2.05) is 24.3 Å². The summed E-state index contributed by atoms with van der Waals surface area (Å²) in [6, 6.07) is 7.45. The molecule has 1 aromatic heterocycles. The lowest BCUT2D eigenvalue weighted by atomic mass is 10.1. The minimum atomic E-state index is -3.15. The van der Waals surface area contributed by atoms with Crippen molar-refractivity contribution < 1.29 is 17.7 Å². The van der Waals surface area contributed by atoms with Crippen LogP contribution in [0, 0.1) is 0 Å². The van der Waals surface area contributed by atoms with E-state index in [9.17, 15) is 18.0 Å². The number of hydrogen-bond donors (Lipinski definition) is 1. The van der Waals surface area contributed by atoms with Crippen molar-refractivity contribution in [1.29, 1.82) is 0 Å². The third kappa shape index (κ3) is 4.58. The molecule has 0 saturated carbocycles. The Morgan fingerprint density at radius 2 is 1.78 bits per heavy atom. The van der Waals surface area contributed by atoms with Gasteiger partial charge < -0.3 is 14.7 Å². The van der Waals surface area contributed by atoms with Gasteiger partial charge in [0.1, 0.15) is 6.67 Å². The molecule has 27 heavy (non-hydrogen) atoms. The maximum absolute atomic E-state index is 12.0. The van der Waals surface area contributed by atoms with Crippen molar-refractivity contribution in [3.63, 3.8) is 0 Å². The van der Waals surface area contributed by atoms with E-state index >= 15 is 0 Å². The third-order valence-electron chi connectivity index (χ3n) is 4.43. The molecule has 1 aliphatic rings. The molecule has 1 aliphatic heterocycles. The zero-order chi connectivity index (χ0) is 19.6. The lowest BCUT2D eigenvalue weighted by Gasteiger charge is -2.34. The van der Waals surface area contributed by atoms with Gasteiger partial charge in [-0.3, -0.25) is 4.79 Å². The second-order valence-corrected chi connectivity index (χ2v) is 8.41. The summed E-state index contributed by atoms with van der Waals surface area (Å²) in [5.74, 6) is -0.215. The summed E-state index contributed by atoms with van der Waals surface area (Å²) < 4.78 is 31.0. The summed E-state index contributed by atoms with van der Waals surface area (Å²) in [5, 5.41) is 2.56. The van der Waals surface area contributed by atoms with Gasteiger partial charge in [0.15, 0.2) is 0 Å². The van der Waals surface area contributed by atoms with Crippen LogP contribution in [0.15, 0.2) is 39.8 Å². The Morgan fingerprint density at radius 3 is 2.33 bits per heavy atom. The minimum absolute atomic E-state index is 0.0905. The van der Waals surface area contributed by atoms with E-state index in [1.165, 1.54) is 22.2 Å². The first-order valence-corrected chi connectivity index (χ1v) is 10.3. The van der Waals surface area contributed by atoms with Gasteiger partial charge in [-0.25, -0.2) is 13.2 Å². The van der Waals surface area contributed by atoms with Crippen LogP contribution in [0.3, 0.4) is 0 Å². The van der Waals surface area contributed by atoms with Gasteiger partial charge in [0.05, 0.1) is 18.0 Å². The van der Waals surface area contributed by atoms with E-state index in [-0.39, 0.29) is 12.6 Å². The van der Waals surface area contributed by atoms with Crippen LogP contribution in [0.1, 0.15) is 6.92 Å². The molecule has 2 heterocycles. The molecular weight excluding hydrogens is 372 g/mol. The highest BCUT2D eigenvalue weighted by molar-refractivity contribution is 7.88. The first-order valence-electron chi connectivity index (χ1n) is 8.50. The predicted octanol–water partition coefficient (Wildman–Crippen LogP) is 0.284. The highest BCUT2D eigenvalue weighted by Gasteiger charge is 2.23. The van der Waals surface area contributed by atoms with Crippen molar-refractivity contribution in [3.8, 4) is 11.1 Å². The molecule has 1 amide bonds. The lowest BCUT2D eigenvalue weighted by molar-refractivity contribution is -0.119. The summed E-state index contributed by atoms with van der Waals surface area (Å²) in [6.45, 7) is 3.61. The second kappa shape index (κ2) is 7.57. The number of carbonyl (C=O) groups is 1. The number of carbonyl (C=O) groups excluding carboxylic acids is 1. The molecule has 0 radical (unpaired) electrons. The molecule has 0 aliphatic carbocycles. The number of rotatable bonds is 5. The summed E-state index contributed by atoms with van der Waals surface area (Å²) in [7, 11) is -3.15. The standard InChI is InChI=1S/C17H22N4O5S/c1-13(22)18-12-20-11-16(17(23)26-20)14-3-5-15(6-4-14)19-7-9-21(10-8-19)27(2,24)25/h3-6,11H,7-10,12H2,1-2H3,(H,18,22). The monoisotopic (exact) mass is 394 g/mol. The molecule has 0 spiro atoms. The molecule has 1 saturated heterocycles. The molecule has 0 atom stereocenters. The molecular formula is C17H22N4O5S. The fourth-order valence-electron chi connectivity index (χ4n) is 2.97. The molecule has 9 nitrogen and oxygen atoms in total. The van der Waals surface area contributed by atoms with Crippen molar-refractivity contribution in [1.82, 2.24) is 14.4 Å². The Hall–Kier alpha value is -2.59. The molecule has 2 aromatic rings. The number of piperazine rings is 1. The molecule has 10 heteroatoms. The van der Waals surface area contributed by atoms with Crippen molar-refractivity contribution in [2.45, 2.75) is 13.6 Å². The summed E-state index contributed by atoms with van der Waals surface area (Å²) >= 11 is 0. The van der Waals surface area contributed by atoms with Gasteiger partial charge in [-0.2, -0.15) is 9.05 Å². The largest absolute Gasteiger partial charge is 0.369 e. The average Bonchev–Trinajstić information content (AvgIpc) is 3.00. The molecule has 1 N–H and O–H groups in total. The minimum Gasteiger partial charge on any atom is -0.369 e. The van der Waals surface area contributed by atoms with Crippen molar-refractivity contribution >= 4 is 21.6 Å². The zero-order valence-corrected chi connectivity index (χ0v) is 16.0. The fraction of sp³-hybridized carbons (Fsp3) is 0.412. The van der Waals surface area contributed by atoms with Gasteiger partial charge in [-0.15, -0.1) is 0 Å². The first kappa shape index (κ1) is 19.2. The highest BCUT2D eigenvalue weighted by Crippen LogP contribution is 2.22. The Balaban J connectivity index is 1.69. The van der Waals surface area contributed by atoms with E-state index in [1.54, 1.807) is 6.20 Å². The van der Waals surface area contributed by atoms with E-state index in [0.717, 1.165) is 5.69 Å².